The van der Waals surface area contributed by atoms with Crippen molar-refractivity contribution in [1.82, 2.24) is 9.97 Å². The fourth-order valence-electron chi connectivity index (χ4n) is 1.91. The van der Waals surface area contributed by atoms with Crippen molar-refractivity contribution < 1.29 is 4.39 Å². The molecule has 0 spiro atoms. The Balaban J connectivity index is 1.98. The van der Waals surface area contributed by atoms with Crippen molar-refractivity contribution in [3.63, 3.8) is 0 Å². The summed E-state index contributed by atoms with van der Waals surface area (Å²) >= 11 is 0. The smallest absolute Gasteiger partial charge is 0.213 e. The molecule has 3 rings (SSSR count). The lowest BCUT2D eigenvalue weighted by Crippen LogP contribution is -1.96. The summed E-state index contributed by atoms with van der Waals surface area (Å²) in [6.45, 7) is 2.03. The predicted octanol–water partition coefficient (Wildman–Crippen LogP) is 3.82. The zero-order valence-corrected chi connectivity index (χ0v) is 10.4. The number of nitrogens with zero attached hydrogens (tertiary/aromatic N) is 2. The number of hydrogen-bond donors (Lipinski definition) is 1. The van der Waals surface area contributed by atoms with E-state index in [4.69, 9.17) is 0 Å². The molecule has 0 unspecified atom stereocenters. The Morgan fingerprint density at radius 1 is 0.895 bits per heavy atom. The summed E-state index contributed by atoms with van der Waals surface area (Å²) in [5.41, 5.74) is 3.36. The molecule has 0 amide bonds. The van der Waals surface area contributed by atoms with E-state index in [1.807, 2.05) is 31.2 Å². The van der Waals surface area contributed by atoms with E-state index in [0.717, 1.165) is 17.1 Å². The van der Waals surface area contributed by atoms with E-state index in [1.54, 1.807) is 18.2 Å². The van der Waals surface area contributed by atoms with Gasteiger partial charge in [0.1, 0.15) is 5.82 Å². The predicted molar refractivity (Wildman–Crippen MR) is 74.0 cm³/mol. The van der Waals surface area contributed by atoms with Crippen LogP contribution in [0, 0.1) is 12.9 Å². The minimum Gasteiger partial charge on any atom is -0.340 e. The maximum absolute atomic E-state index is 13.0. The molecule has 1 aromatic carbocycles. The van der Waals surface area contributed by atoms with Crippen molar-refractivity contribution in [2.45, 2.75) is 6.92 Å². The van der Waals surface area contributed by atoms with Gasteiger partial charge in [-0.15, -0.1) is 0 Å². The summed E-state index contributed by atoms with van der Waals surface area (Å²) in [6.07, 6.45) is 0. The molecule has 0 fully saturated rings. The molecule has 0 bridgehead atoms. The van der Waals surface area contributed by atoms with Crippen LogP contribution in [0.4, 0.5) is 15.9 Å². The van der Waals surface area contributed by atoms with Gasteiger partial charge in [0.15, 0.2) is 0 Å². The Morgan fingerprint density at radius 2 is 1.63 bits per heavy atom. The molecule has 0 radical (unpaired) electrons. The van der Waals surface area contributed by atoms with E-state index in [9.17, 15) is 4.39 Å². The highest BCUT2D eigenvalue weighted by Gasteiger charge is 2.02. The number of nitrogens with one attached hydrogen (secondary N) is 1. The van der Waals surface area contributed by atoms with Crippen LogP contribution < -0.4 is 5.32 Å². The van der Waals surface area contributed by atoms with Crippen LogP contribution in [0.1, 0.15) is 5.56 Å². The van der Waals surface area contributed by atoms with Crippen molar-refractivity contribution in [2.24, 2.45) is 0 Å². The minimum absolute atomic E-state index is 0.492. The SMILES string of the molecule is Cc1ccccc1Nc1ccc2nc([18F])ccc2n1. The first-order chi connectivity index (χ1) is 9.22. The molecule has 94 valence electrons. The van der Waals surface area contributed by atoms with E-state index in [2.05, 4.69) is 15.3 Å². The van der Waals surface area contributed by atoms with Crippen LogP contribution in [-0.4, -0.2) is 9.97 Å². The Morgan fingerprint density at radius 3 is 2.47 bits per heavy atom. The highest BCUT2D eigenvalue weighted by Crippen LogP contribution is 2.20. The Bertz CT molecular complexity index is 740. The quantitative estimate of drug-likeness (QED) is 0.704. The van der Waals surface area contributed by atoms with E-state index in [1.165, 1.54) is 6.07 Å². The number of pyridine rings is 2. The second-order valence-electron chi connectivity index (χ2n) is 4.31. The molecule has 4 heteroatoms. The first kappa shape index (κ1) is 11.6. The van der Waals surface area contributed by atoms with Crippen LogP contribution >= 0.6 is 0 Å². The van der Waals surface area contributed by atoms with Gasteiger partial charge in [-0.05, 0) is 42.8 Å². The van der Waals surface area contributed by atoms with Crippen molar-refractivity contribution in [3.8, 4) is 0 Å². The molecule has 3 nitrogen and oxygen atoms in total. The monoisotopic (exact) mass is 252 g/mol. The van der Waals surface area contributed by atoms with Crippen molar-refractivity contribution in [3.05, 3.63) is 60.0 Å². The normalized spacial score (nSPS) is 10.6. The fourth-order valence-corrected chi connectivity index (χ4v) is 1.91. The Kier molecular flexibility index (Phi) is 2.83. The third-order valence-corrected chi connectivity index (χ3v) is 2.92. The lowest BCUT2D eigenvalue weighted by atomic mass is 10.2. The fraction of sp³-hybridized carbons (Fsp3) is 0.0667. The Hall–Kier alpha value is -2.49. The number of anilines is 2. The summed E-state index contributed by atoms with van der Waals surface area (Å²) < 4.78 is 13.0. The van der Waals surface area contributed by atoms with Crippen molar-refractivity contribution >= 4 is 22.5 Å². The maximum atomic E-state index is 13.0. The van der Waals surface area contributed by atoms with Gasteiger partial charge in [-0.3, -0.25) is 0 Å². The van der Waals surface area contributed by atoms with Crippen LogP contribution in [-0.2, 0) is 0 Å². The number of hydrogen-bond acceptors (Lipinski definition) is 3. The number of rotatable bonds is 2. The second-order valence-corrected chi connectivity index (χ2v) is 4.31. The van der Waals surface area contributed by atoms with Crippen LogP contribution in [0.3, 0.4) is 0 Å². The average molecular weight is 252 g/mol. The highest BCUT2D eigenvalue weighted by molar-refractivity contribution is 5.77. The molecule has 0 aliphatic rings. The van der Waals surface area contributed by atoms with E-state index >= 15 is 0 Å². The van der Waals surface area contributed by atoms with Gasteiger partial charge in [0.2, 0.25) is 5.95 Å². The minimum atomic E-state index is -0.492. The summed E-state index contributed by atoms with van der Waals surface area (Å²) in [7, 11) is 0. The van der Waals surface area contributed by atoms with Crippen molar-refractivity contribution in [2.75, 3.05) is 5.32 Å². The van der Waals surface area contributed by atoms with Crippen LogP contribution in [0.15, 0.2) is 48.5 Å². The molecular formula is C15H12FN3. The number of para-hydroxylation sites is 1. The molecule has 2 heterocycles. The van der Waals surface area contributed by atoms with Crippen LogP contribution in [0.5, 0.6) is 0 Å². The second kappa shape index (κ2) is 4.65. The lowest BCUT2D eigenvalue weighted by Gasteiger charge is -2.08. The van der Waals surface area contributed by atoms with Gasteiger partial charge < -0.3 is 5.32 Å². The van der Waals surface area contributed by atoms with Gasteiger partial charge in [-0.1, -0.05) is 18.2 Å². The first-order valence-electron chi connectivity index (χ1n) is 5.98. The van der Waals surface area contributed by atoms with E-state index in [-0.39, 0.29) is 0 Å². The van der Waals surface area contributed by atoms with Gasteiger partial charge in [0, 0.05) is 5.69 Å². The van der Waals surface area contributed by atoms with Crippen molar-refractivity contribution in [1.29, 1.82) is 0 Å². The van der Waals surface area contributed by atoms with Gasteiger partial charge in [0.05, 0.1) is 11.0 Å². The zero-order chi connectivity index (χ0) is 13.2. The van der Waals surface area contributed by atoms with E-state index in [0.29, 0.717) is 11.0 Å². The molecule has 1 N–H and O–H groups in total. The number of aromatic nitrogens is 2. The Labute approximate surface area is 110 Å². The van der Waals surface area contributed by atoms with Crippen LogP contribution in [0.25, 0.3) is 11.0 Å². The largest absolute Gasteiger partial charge is 0.340 e. The zero-order valence-electron chi connectivity index (χ0n) is 10.4. The van der Waals surface area contributed by atoms with Gasteiger partial charge >= 0.3 is 0 Å². The molecule has 0 aliphatic carbocycles. The van der Waals surface area contributed by atoms with E-state index < -0.39 is 5.95 Å². The third kappa shape index (κ3) is 2.38. The van der Waals surface area contributed by atoms with Gasteiger partial charge in [-0.25, -0.2) is 9.97 Å². The number of halogens is 1. The summed E-state index contributed by atoms with van der Waals surface area (Å²) in [6, 6.07) is 14.5. The molecule has 0 saturated heterocycles. The molecular weight excluding hydrogens is 240 g/mol. The molecule has 0 saturated carbocycles. The number of aryl methyl sites for hydroxylation is 1. The topological polar surface area (TPSA) is 37.8 Å². The average Bonchev–Trinajstić information content (AvgIpc) is 2.41. The summed E-state index contributed by atoms with van der Waals surface area (Å²) in [5.74, 6) is 0.226. The van der Waals surface area contributed by atoms with Crippen LogP contribution in [0.2, 0.25) is 0 Å². The molecule has 3 aromatic rings. The van der Waals surface area contributed by atoms with Gasteiger partial charge in [-0.2, -0.15) is 4.39 Å². The molecule has 2 aromatic heterocycles. The molecule has 0 aliphatic heterocycles. The third-order valence-electron chi connectivity index (χ3n) is 2.92. The molecule has 19 heavy (non-hydrogen) atoms. The lowest BCUT2D eigenvalue weighted by molar-refractivity contribution is 0.589. The standard InChI is InChI=1S/C15H12FN3/c1-10-4-2-3-5-11(10)18-15-9-7-12-13(19-15)6-8-14(16)17-12/h2-9H,1H3,(H,18,19)/i16-1. The number of fused-ring (bicyclic) bond motifs is 1. The molecule has 0 atom stereocenters. The first-order valence-corrected chi connectivity index (χ1v) is 5.98. The maximum Gasteiger partial charge on any atom is 0.213 e. The highest BCUT2D eigenvalue weighted by atomic mass is 18.2. The summed E-state index contributed by atoms with van der Waals surface area (Å²) in [5, 5.41) is 3.25. The number of benzene rings is 1. The van der Waals surface area contributed by atoms with Gasteiger partial charge in [0.25, 0.3) is 0 Å². The summed E-state index contributed by atoms with van der Waals surface area (Å²) in [4.78, 5) is 8.20.